The minimum atomic E-state index is 0.832. The van der Waals surface area contributed by atoms with Crippen LogP contribution in [0, 0.1) is 0 Å². The van der Waals surface area contributed by atoms with Crippen molar-refractivity contribution in [2.45, 2.75) is 0 Å². The van der Waals surface area contributed by atoms with E-state index in [2.05, 4.69) is 41.8 Å². The number of hydrogen-bond acceptors (Lipinski definition) is 1. The van der Waals surface area contributed by atoms with Crippen LogP contribution >= 0.6 is 31.9 Å². The molecule has 0 aliphatic carbocycles. The van der Waals surface area contributed by atoms with Gasteiger partial charge in [0, 0.05) is 18.5 Å². The highest BCUT2D eigenvalue weighted by molar-refractivity contribution is 9.28. The fraction of sp³-hybridized carbons (Fsp3) is 0. The summed E-state index contributed by atoms with van der Waals surface area (Å²) in [6, 6.07) is 0. The molecule has 0 aromatic carbocycles. The Hall–Kier alpha value is -0.0900. The Morgan fingerprint density at radius 3 is 2.89 bits per heavy atom. The van der Waals surface area contributed by atoms with Crippen molar-refractivity contribution in [1.82, 2.24) is 9.97 Å². The molecule has 4 heteroatoms. The highest BCUT2D eigenvalue weighted by Gasteiger charge is 1.87. The molecule has 48 valence electrons. The number of hydrogen-bond donors (Lipinski definition) is 1. The largest absolute Gasteiger partial charge is 0.345 e. The molecule has 0 aliphatic heterocycles. The van der Waals surface area contributed by atoms with Gasteiger partial charge in [0.1, 0.15) is 5.82 Å². The van der Waals surface area contributed by atoms with Gasteiger partial charge in [0.05, 0.1) is 3.39 Å². The molecule has 1 N–H and O–H groups in total. The van der Waals surface area contributed by atoms with Crippen LogP contribution < -0.4 is 0 Å². The summed E-state index contributed by atoms with van der Waals surface area (Å²) in [6.45, 7) is 0. The van der Waals surface area contributed by atoms with Crippen LogP contribution in [0.3, 0.4) is 0 Å². The molecular formula is C5H4Br2N2. The first-order chi connectivity index (χ1) is 4.29. The third-order valence-electron chi connectivity index (χ3n) is 0.765. The lowest BCUT2D eigenvalue weighted by atomic mass is 10.6. The van der Waals surface area contributed by atoms with E-state index in [1.807, 2.05) is 6.08 Å². The molecule has 1 aromatic rings. The van der Waals surface area contributed by atoms with Gasteiger partial charge in [-0.2, -0.15) is 0 Å². The average molecular weight is 252 g/mol. The van der Waals surface area contributed by atoms with E-state index in [1.54, 1.807) is 12.4 Å². The van der Waals surface area contributed by atoms with E-state index in [0.717, 1.165) is 9.22 Å². The molecule has 9 heavy (non-hydrogen) atoms. The molecule has 0 fully saturated rings. The zero-order valence-corrected chi connectivity index (χ0v) is 7.61. The molecule has 0 spiro atoms. The number of rotatable bonds is 1. The number of nitrogens with one attached hydrogen (secondary N) is 1. The van der Waals surface area contributed by atoms with Crippen molar-refractivity contribution < 1.29 is 0 Å². The molecule has 1 heterocycles. The molecule has 0 unspecified atom stereocenters. The van der Waals surface area contributed by atoms with E-state index in [0.29, 0.717) is 0 Å². The van der Waals surface area contributed by atoms with Gasteiger partial charge >= 0.3 is 0 Å². The Labute approximate surface area is 69.6 Å². The standard InChI is InChI=1S/C5H4Br2N2/c6-4(7)3-5-8-1-2-9-5/h1-3H,(H,8,9). The van der Waals surface area contributed by atoms with E-state index in [9.17, 15) is 0 Å². The maximum Gasteiger partial charge on any atom is 0.131 e. The minimum Gasteiger partial charge on any atom is -0.345 e. The molecule has 2 nitrogen and oxygen atoms in total. The van der Waals surface area contributed by atoms with Gasteiger partial charge in [-0.15, -0.1) is 0 Å². The quantitative estimate of drug-likeness (QED) is 0.817. The van der Waals surface area contributed by atoms with Crippen LogP contribution in [-0.2, 0) is 0 Å². The first kappa shape index (κ1) is 7.02. The maximum absolute atomic E-state index is 3.96. The first-order valence-corrected chi connectivity index (χ1v) is 3.90. The van der Waals surface area contributed by atoms with Gasteiger partial charge in [0.15, 0.2) is 0 Å². The molecule has 0 saturated carbocycles. The summed E-state index contributed by atoms with van der Waals surface area (Å²) in [7, 11) is 0. The molecule has 1 rings (SSSR count). The molecule has 0 amide bonds. The van der Waals surface area contributed by atoms with Crippen LogP contribution in [0.1, 0.15) is 5.82 Å². The van der Waals surface area contributed by atoms with E-state index >= 15 is 0 Å². The van der Waals surface area contributed by atoms with Gasteiger partial charge in [-0.3, -0.25) is 0 Å². The highest BCUT2D eigenvalue weighted by Crippen LogP contribution is 2.15. The van der Waals surface area contributed by atoms with Gasteiger partial charge in [-0.25, -0.2) is 4.98 Å². The fourth-order valence-corrected chi connectivity index (χ4v) is 0.893. The summed E-state index contributed by atoms with van der Waals surface area (Å²) in [5.41, 5.74) is 0. The van der Waals surface area contributed by atoms with Gasteiger partial charge in [-0.1, -0.05) is 0 Å². The minimum absolute atomic E-state index is 0.832. The monoisotopic (exact) mass is 250 g/mol. The van der Waals surface area contributed by atoms with Crippen LogP contribution in [0.25, 0.3) is 6.08 Å². The number of aromatic amines is 1. The van der Waals surface area contributed by atoms with Crippen LogP contribution in [0.5, 0.6) is 0 Å². The third-order valence-corrected chi connectivity index (χ3v) is 1.22. The van der Waals surface area contributed by atoms with E-state index in [-0.39, 0.29) is 0 Å². The second-order valence-electron chi connectivity index (χ2n) is 1.41. The third kappa shape index (κ3) is 2.32. The van der Waals surface area contributed by atoms with Crippen molar-refractivity contribution in [3.05, 3.63) is 21.6 Å². The molecule has 0 radical (unpaired) electrons. The Kier molecular flexibility index (Phi) is 2.48. The second-order valence-corrected chi connectivity index (χ2v) is 4.18. The van der Waals surface area contributed by atoms with Gasteiger partial charge < -0.3 is 4.98 Å². The summed E-state index contributed by atoms with van der Waals surface area (Å²) < 4.78 is 0.880. The topological polar surface area (TPSA) is 28.7 Å². The van der Waals surface area contributed by atoms with E-state index < -0.39 is 0 Å². The van der Waals surface area contributed by atoms with Crippen LogP contribution in [0.15, 0.2) is 15.8 Å². The van der Waals surface area contributed by atoms with E-state index in [4.69, 9.17) is 0 Å². The Morgan fingerprint density at radius 2 is 2.44 bits per heavy atom. The lowest BCUT2D eigenvalue weighted by molar-refractivity contribution is 1.27. The Morgan fingerprint density at radius 1 is 1.67 bits per heavy atom. The van der Waals surface area contributed by atoms with Crippen LogP contribution in [0.4, 0.5) is 0 Å². The number of H-pyrrole nitrogens is 1. The van der Waals surface area contributed by atoms with Crippen LogP contribution in [0.2, 0.25) is 0 Å². The summed E-state index contributed by atoms with van der Waals surface area (Å²) >= 11 is 6.43. The predicted octanol–water partition coefficient (Wildman–Crippen LogP) is 2.50. The number of imidazole rings is 1. The SMILES string of the molecule is BrC(Br)=Cc1ncc[nH]1. The predicted molar refractivity (Wildman–Crippen MR) is 44.4 cm³/mol. The first-order valence-electron chi connectivity index (χ1n) is 2.31. The van der Waals surface area contributed by atoms with Crippen molar-refractivity contribution >= 4 is 37.9 Å². The highest BCUT2D eigenvalue weighted by atomic mass is 79.9. The van der Waals surface area contributed by atoms with Crippen molar-refractivity contribution in [2.24, 2.45) is 0 Å². The molecule has 0 saturated heterocycles. The molecular weight excluding hydrogens is 248 g/mol. The zero-order valence-electron chi connectivity index (χ0n) is 4.44. The smallest absolute Gasteiger partial charge is 0.131 e. The summed E-state index contributed by atoms with van der Waals surface area (Å²) in [4.78, 5) is 6.89. The summed E-state index contributed by atoms with van der Waals surface area (Å²) in [5.74, 6) is 0.832. The molecule has 0 aliphatic rings. The Balaban J connectivity index is 2.80. The lowest BCUT2D eigenvalue weighted by Crippen LogP contribution is -1.70. The Bertz CT molecular complexity index is 199. The van der Waals surface area contributed by atoms with Crippen molar-refractivity contribution in [2.75, 3.05) is 0 Å². The second kappa shape index (κ2) is 3.17. The molecule has 1 aromatic heterocycles. The van der Waals surface area contributed by atoms with Crippen LogP contribution in [-0.4, -0.2) is 9.97 Å². The van der Waals surface area contributed by atoms with Gasteiger partial charge in [-0.05, 0) is 31.9 Å². The zero-order chi connectivity index (χ0) is 6.69. The lowest BCUT2D eigenvalue weighted by Gasteiger charge is -1.81. The van der Waals surface area contributed by atoms with Crippen molar-refractivity contribution in [3.63, 3.8) is 0 Å². The van der Waals surface area contributed by atoms with Crippen molar-refractivity contribution in [3.8, 4) is 0 Å². The molecule has 0 bridgehead atoms. The average Bonchev–Trinajstić information content (AvgIpc) is 2.15. The van der Waals surface area contributed by atoms with Crippen molar-refractivity contribution in [1.29, 1.82) is 0 Å². The normalized spacial score (nSPS) is 9.11. The maximum atomic E-state index is 3.96. The number of aromatic nitrogens is 2. The van der Waals surface area contributed by atoms with E-state index in [1.165, 1.54) is 0 Å². The van der Waals surface area contributed by atoms with Gasteiger partial charge in [0.25, 0.3) is 0 Å². The number of halogens is 2. The molecule has 0 atom stereocenters. The number of nitrogens with zero attached hydrogens (tertiary/aromatic N) is 1. The fourth-order valence-electron chi connectivity index (χ4n) is 0.460. The summed E-state index contributed by atoms with van der Waals surface area (Å²) in [6.07, 6.45) is 5.31. The van der Waals surface area contributed by atoms with Gasteiger partial charge in [0.2, 0.25) is 0 Å². The summed E-state index contributed by atoms with van der Waals surface area (Å²) in [5, 5.41) is 0.